The zero-order valence-electron chi connectivity index (χ0n) is 17.3. The molecule has 1 aliphatic carbocycles. The molecule has 28 heavy (non-hydrogen) atoms. The summed E-state index contributed by atoms with van der Waals surface area (Å²) >= 11 is 0. The van der Waals surface area contributed by atoms with Gasteiger partial charge in [-0.25, -0.2) is 0 Å². The quantitative estimate of drug-likeness (QED) is 0.748. The van der Waals surface area contributed by atoms with Crippen molar-refractivity contribution < 1.29 is 9.32 Å². The maximum atomic E-state index is 13.2. The van der Waals surface area contributed by atoms with Gasteiger partial charge in [-0.15, -0.1) is 0 Å². The van der Waals surface area contributed by atoms with Crippen molar-refractivity contribution in [1.29, 1.82) is 0 Å². The molecule has 0 radical (unpaired) electrons. The number of aryl methyl sites for hydroxylation is 2. The number of likely N-dealkylation sites (tertiary alicyclic amines) is 1. The van der Waals surface area contributed by atoms with E-state index in [1.807, 2.05) is 13.8 Å². The lowest BCUT2D eigenvalue weighted by Gasteiger charge is -2.54. The van der Waals surface area contributed by atoms with Crippen LogP contribution in [0.5, 0.6) is 0 Å². The van der Waals surface area contributed by atoms with Crippen LogP contribution in [0.2, 0.25) is 0 Å². The summed E-state index contributed by atoms with van der Waals surface area (Å²) in [5.41, 5.74) is 3.61. The molecule has 4 atom stereocenters. The number of rotatable bonds is 3. The van der Waals surface area contributed by atoms with E-state index in [9.17, 15) is 4.79 Å². The normalized spacial score (nSPS) is 32.5. The second kappa shape index (κ2) is 7.33. The first kappa shape index (κ1) is 18.4. The SMILES string of the molecule is Cc1noc(C)c1CCC(=O)N1CCCC2=C[C@H]3C[C@H](CN4CCCC[C@H]34)[C@H]21. The van der Waals surface area contributed by atoms with E-state index < -0.39 is 0 Å². The molecule has 1 amide bonds. The van der Waals surface area contributed by atoms with Gasteiger partial charge in [0.25, 0.3) is 0 Å². The highest BCUT2D eigenvalue weighted by molar-refractivity contribution is 5.77. The van der Waals surface area contributed by atoms with Crippen LogP contribution in [-0.2, 0) is 11.2 Å². The van der Waals surface area contributed by atoms with Gasteiger partial charge in [0.05, 0.1) is 11.7 Å². The Hall–Kier alpha value is -1.62. The van der Waals surface area contributed by atoms with Gasteiger partial charge in [0, 0.05) is 31.1 Å². The molecule has 0 aromatic carbocycles. The number of amides is 1. The summed E-state index contributed by atoms with van der Waals surface area (Å²) in [4.78, 5) is 18.2. The van der Waals surface area contributed by atoms with Crippen molar-refractivity contribution >= 4 is 5.91 Å². The van der Waals surface area contributed by atoms with E-state index in [0.717, 1.165) is 48.4 Å². The maximum Gasteiger partial charge on any atom is 0.223 e. The van der Waals surface area contributed by atoms with E-state index in [-0.39, 0.29) is 0 Å². The van der Waals surface area contributed by atoms with Gasteiger partial charge in [-0.2, -0.15) is 0 Å². The molecule has 4 heterocycles. The molecule has 1 aromatic heterocycles. The summed E-state index contributed by atoms with van der Waals surface area (Å²) in [6, 6.07) is 1.12. The molecule has 0 N–H and O–H groups in total. The summed E-state index contributed by atoms with van der Waals surface area (Å²) in [6.07, 6.45) is 11.6. The number of aromatic nitrogens is 1. The number of hydrogen-bond acceptors (Lipinski definition) is 4. The predicted molar refractivity (Wildman–Crippen MR) is 108 cm³/mol. The third-order valence-electron chi connectivity index (χ3n) is 7.75. The predicted octanol–water partition coefficient (Wildman–Crippen LogP) is 3.65. The van der Waals surface area contributed by atoms with Gasteiger partial charge < -0.3 is 9.42 Å². The Bertz CT molecular complexity index is 763. The Morgan fingerprint density at radius 3 is 2.96 bits per heavy atom. The first-order valence-corrected chi connectivity index (χ1v) is 11.3. The van der Waals surface area contributed by atoms with E-state index >= 15 is 0 Å². The fourth-order valence-corrected chi connectivity index (χ4v) is 6.49. The minimum atomic E-state index is 0.315. The molecular weight excluding hydrogens is 350 g/mol. The molecule has 5 heteroatoms. The molecule has 1 aromatic rings. The van der Waals surface area contributed by atoms with Crippen LogP contribution in [0.15, 0.2) is 16.2 Å². The van der Waals surface area contributed by atoms with Crippen LogP contribution in [0.1, 0.15) is 62.0 Å². The molecule has 3 saturated heterocycles. The van der Waals surface area contributed by atoms with Gasteiger partial charge in [-0.3, -0.25) is 9.69 Å². The summed E-state index contributed by atoms with van der Waals surface area (Å²) < 4.78 is 5.27. The topological polar surface area (TPSA) is 49.6 Å². The van der Waals surface area contributed by atoms with Gasteiger partial charge in [-0.05, 0) is 70.8 Å². The molecule has 4 aliphatic rings. The van der Waals surface area contributed by atoms with Crippen molar-refractivity contribution in [1.82, 2.24) is 15.0 Å². The number of fused-ring (bicyclic) bond motifs is 6. The molecule has 5 nitrogen and oxygen atoms in total. The molecular formula is C23H33N3O2. The fraction of sp³-hybridized carbons (Fsp3) is 0.739. The Morgan fingerprint density at radius 1 is 1.25 bits per heavy atom. The number of carbonyl (C=O) groups is 1. The molecule has 3 fully saturated rings. The second-order valence-electron chi connectivity index (χ2n) is 9.40. The van der Waals surface area contributed by atoms with Crippen molar-refractivity contribution in [2.75, 3.05) is 19.6 Å². The lowest BCUT2D eigenvalue weighted by molar-refractivity contribution is -0.136. The Kier molecular flexibility index (Phi) is 4.82. The van der Waals surface area contributed by atoms with Crippen LogP contribution >= 0.6 is 0 Å². The summed E-state index contributed by atoms with van der Waals surface area (Å²) in [5.74, 6) is 2.52. The number of piperidine rings is 3. The first-order chi connectivity index (χ1) is 13.6. The van der Waals surface area contributed by atoms with Crippen molar-refractivity contribution in [3.63, 3.8) is 0 Å². The van der Waals surface area contributed by atoms with Crippen LogP contribution in [0.3, 0.4) is 0 Å². The lowest BCUT2D eigenvalue weighted by Crippen LogP contribution is -2.60. The number of hydrogen-bond donors (Lipinski definition) is 0. The smallest absolute Gasteiger partial charge is 0.223 e. The monoisotopic (exact) mass is 383 g/mol. The third kappa shape index (κ3) is 3.12. The summed E-state index contributed by atoms with van der Waals surface area (Å²) in [6.45, 7) is 7.29. The zero-order chi connectivity index (χ0) is 19.3. The summed E-state index contributed by atoms with van der Waals surface area (Å²) in [5, 5.41) is 4.04. The molecule has 2 bridgehead atoms. The standard InChI is InChI=1S/C23H33N3O2/c1-15-20(16(2)28-24-15)8-9-22(27)26-11-5-6-17-12-18-13-19(23(17)26)14-25-10-4-3-7-21(18)25/h12,18-19,21,23H,3-11,13-14H2,1-2H3/t18-,19+,21+,23-/m0/s1. The van der Waals surface area contributed by atoms with Crippen molar-refractivity contribution in [3.8, 4) is 0 Å². The van der Waals surface area contributed by atoms with Crippen LogP contribution in [0.25, 0.3) is 0 Å². The minimum Gasteiger partial charge on any atom is -0.361 e. The Balaban J connectivity index is 1.33. The molecule has 0 saturated carbocycles. The average molecular weight is 384 g/mol. The van der Waals surface area contributed by atoms with Crippen molar-refractivity contribution in [3.05, 3.63) is 28.7 Å². The molecule has 0 spiro atoms. The Labute approximate surface area is 168 Å². The van der Waals surface area contributed by atoms with Gasteiger partial charge in [-0.1, -0.05) is 23.2 Å². The van der Waals surface area contributed by atoms with Crippen LogP contribution in [0.4, 0.5) is 0 Å². The summed E-state index contributed by atoms with van der Waals surface area (Å²) in [7, 11) is 0. The zero-order valence-corrected chi connectivity index (χ0v) is 17.3. The van der Waals surface area contributed by atoms with Gasteiger partial charge >= 0.3 is 0 Å². The van der Waals surface area contributed by atoms with E-state index in [4.69, 9.17) is 4.52 Å². The van der Waals surface area contributed by atoms with Crippen LogP contribution in [0, 0.1) is 25.7 Å². The number of carbonyl (C=O) groups excluding carboxylic acids is 1. The van der Waals surface area contributed by atoms with Crippen LogP contribution in [-0.4, -0.2) is 52.6 Å². The van der Waals surface area contributed by atoms with Gasteiger partial charge in [0.2, 0.25) is 5.91 Å². The third-order valence-corrected chi connectivity index (χ3v) is 7.75. The Morgan fingerprint density at radius 2 is 2.14 bits per heavy atom. The fourth-order valence-electron chi connectivity index (χ4n) is 6.49. The van der Waals surface area contributed by atoms with E-state index in [1.165, 1.54) is 45.2 Å². The van der Waals surface area contributed by atoms with Gasteiger partial charge in [0.1, 0.15) is 5.76 Å². The highest BCUT2D eigenvalue weighted by Crippen LogP contribution is 2.45. The largest absolute Gasteiger partial charge is 0.361 e. The molecule has 3 aliphatic heterocycles. The van der Waals surface area contributed by atoms with Crippen LogP contribution < -0.4 is 0 Å². The molecule has 152 valence electrons. The van der Waals surface area contributed by atoms with E-state index in [2.05, 4.69) is 21.0 Å². The maximum absolute atomic E-state index is 13.2. The van der Waals surface area contributed by atoms with Gasteiger partial charge in [0.15, 0.2) is 0 Å². The van der Waals surface area contributed by atoms with E-state index in [1.54, 1.807) is 5.57 Å². The highest BCUT2D eigenvalue weighted by atomic mass is 16.5. The molecule has 0 unspecified atom stereocenters. The minimum absolute atomic E-state index is 0.315. The molecule has 5 rings (SSSR count). The lowest BCUT2D eigenvalue weighted by atomic mass is 9.68. The average Bonchev–Trinajstić information content (AvgIpc) is 3.03. The van der Waals surface area contributed by atoms with E-state index in [0.29, 0.717) is 24.3 Å². The van der Waals surface area contributed by atoms with Crippen molar-refractivity contribution in [2.24, 2.45) is 11.8 Å². The second-order valence-corrected chi connectivity index (χ2v) is 9.40. The highest BCUT2D eigenvalue weighted by Gasteiger charge is 2.46. The first-order valence-electron chi connectivity index (χ1n) is 11.3. The number of nitrogens with zero attached hydrogens (tertiary/aromatic N) is 3. The van der Waals surface area contributed by atoms with Crippen molar-refractivity contribution in [2.45, 2.75) is 77.3 Å².